The van der Waals surface area contributed by atoms with E-state index in [1.165, 1.54) is 44.6 Å². The Morgan fingerprint density at radius 3 is 2.90 bits per heavy atom. The van der Waals surface area contributed by atoms with Crippen molar-refractivity contribution in [2.24, 2.45) is 5.92 Å². The van der Waals surface area contributed by atoms with Gasteiger partial charge in [-0.2, -0.15) is 0 Å². The highest BCUT2D eigenvalue weighted by atomic mass is 19.1. The number of rotatable bonds is 5. The molecule has 0 aromatic heterocycles. The zero-order valence-corrected chi connectivity index (χ0v) is 12.0. The minimum atomic E-state index is -0.168. The van der Waals surface area contributed by atoms with E-state index in [1.807, 2.05) is 0 Å². The SMILES string of the molecule is Fc1ccc2c(c1)CC(CNCCC1CCCCC1)O2. The topological polar surface area (TPSA) is 21.3 Å². The van der Waals surface area contributed by atoms with E-state index in [-0.39, 0.29) is 11.9 Å². The van der Waals surface area contributed by atoms with Gasteiger partial charge in [0, 0.05) is 18.5 Å². The van der Waals surface area contributed by atoms with E-state index in [0.29, 0.717) is 0 Å². The third kappa shape index (κ3) is 3.51. The van der Waals surface area contributed by atoms with E-state index in [2.05, 4.69) is 5.32 Å². The third-order valence-corrected chi connectivity index (χ3v) is 4.59. The van der Waals surface area contributed by atoms with Crippen LogP contribution in [0.25, 0.3) is 0 Å². The van der Waals surface area contributed by atoms with Crippen LogP contribution in [-0.2, 0) is 6.42 Å². The van der Waals surface area contributed by atoms with Crippen LogP contribution < -0.4 is 10.1 Å². The third-order valence-electron chi connectivity index (χ3n) is 4.59. The highest BCUT2D eigenvalue weighted by Gasteiger charge is 2.22. The summed E-state index contributed by atoms with van der Waals surface area (Å²) in [7, 11) is 0. The van der Waals surface area contributed by atoms with Gasteiger partial charge in [0.15, 0.2) is 0 Å². The van der Waals surface area contributed by atoms with E-state index in [9.17, 15) is 4.39 Å². The fourth-order valence-corrected chi connectivity index (χ4v) is 3.45. The molecule has 1 atom stereocenters. The lowest BCUT2D eigenvalue weighted by Gasteiger charge is -2.21. The van der Waals surface area contributed by atoms with Gasteiger partial charge in [0.05, 0.1) is 0 Å². The smallest absolute Gasteiger partial charge is 0.123 e. The first-order chi connectivity index (χ1) is 9.81. The van der Waals surface area contributed by atoms with Crippen LogP contribution in [0, 0.1) is 11.7 Å². The molecule has 2 aliphatic rings. The van der Waals surface area contributed by atoms with Crippen LogP contribution in [0.3, 0.4) is 0 Å². The van der Waals surface area contributed by atoms with E-state index < -0.39 is 0 Å². The number of benzene rings is 1. The van der Waals surface area contributed by atoms with Gasteiger partial charge in [0.25, 0.3) is 0 Å². The second-order valence-corrected chi connectivity index (χ2v) is 6.19. The standard InChI is InChI=1S/C17H24FNO/c18-15-6-7-17-14(10-15)11-16(20-17)12-19-9-8-13-4-2-1-3-5-13/h6-7,10,13,16,19H,1-5,8-9,11-12H2. The van der Waals surface area contributed by atoms with Crippen molar-refractivity contribution in [2.75, 3.05) is 13.1 Å². The lowest BCUT2D eigenvalue weighted by atomic mass is 9.87. The predicted molar refractivity (Wildman–Crippen MR) is 78.6 cm³/mol. The molecule has 1 aromatic rings. The molecule has 1 aromatic carbocycles. The fraction of sp³-hybridized carbons (Fsp3) is 0.647. The fourth-order valence-electron chi connectivity index (χ4n) is 3.45. The summed E-state index contributed by atoms with van der Waals surface area (Å²) in [6.45, 7) is 1.94. The second kappa shape index (κ2) is 6.57. The Hall–Kier alpha value is -1.09. The zero-order valence-electron chi connectivity index (χ0n) is 12.0. The summed E-state index contributed by atoms with van der Waals surface area (Å²) in [5.74, 6) is 1.61. The molecular formula is C17H24FNO. The van der Waals surface area contributed by atoms with Crippen molar-refractivity contribution in [3.8, 4) is 5.75 Å². The molecule has 3 heteroatoms. The molecule has 0 saturated heterocycles. The molecule has 20 heavy (non-hydrogen) atoms. The Morgan fingerprint density at radius 2 is 2.05 bits per heavy atom. The predicted octanol–water partition coefficient (Wildman–Crippen LogP) is 3.69. The van der Waals surface area contributed by atoms with Crippen molar-refractivity contribution in [1.29, 1.82) is 0 Å². The quantitative estimate of drug-likeness (QED) is 0.829. The van der Waals surface area contributed by atoms with E-state index in [1.54, 1.807) is 12.1 Å². The summed E-state index contributed by atoms with van der Waals surface area (Å²) in [4.78, 5) is 0. The van der Waals surface area contributed by atoms with Gasteiger partial charge in [-0.3, -0.25) is 0 Å². The van der Waals surface area contributed by atoms with Crippen LogP contribution in [0.15, 0.2) is 18.2 Å². The largest absolute Gasteiger partial charge is 0.488 e. The number of ether oxygens (including phenoxy) is 1. The van der Waals surface area contributed by atoms with E-state index in [4.69, 9.17) is 4.74 Å². The summed E-state index contributed by atoms with van der Waals surface area (Å²) in [5, 5.41) is 3.51. The minimum Gasteiger partial charge on any atom is -0.488 e. The summed E-state index contributed by atoms with van der Waals surface area (Å²) in [6, 6.07) is 4.81. The van der Waals surface area contributed by atoms with Gasteiger partial charge in [0.1, 0.15) is 17.7 Å². The Kier molecular flexibility index (Phi) is 4.56. The maximum absolute atomic E-state index is 13.1. The molecule has 0 radical (unpaired) electrons. The molecule has 0 amide bonds. The van der Waals surface area contributed by atoms with Crippen LogP contribution in [0.4, 0.5) is 4.39 Å². The van der Waals surface area contributed by atoms with E-state index in [0.717, 1.165) is 36.7 Å². The first-order valence-electron chi connectivity index (χ1n) is 7.97. The first kappa shape index (κ1) is 13.9. The molecule has 3 rings (SSSR count). The van der Waals surface area contributed by atoms with Crippen molar-refractivity contribution < 1.29 is 9.13 Å². The first-order valence-corrected chi connectivity index (χ1v) is 7.97. The number of halogens is 1. The van der Waals surface area contributed by atoms with Crippen LogP contribution >= 0.6 is 0 Å². The second-order valence-electron chi connectivity index (χ2n) is 6.19. The molecule has 1 aliphatic heterocycles. The van der Waals surface area contributed by atoms with Gasteiger partial charge in [-0.1, -0.05) is 32.1 Å². The summed E-state index contributed by atoms with van der Waals surface area (Å²) in [5.41, 5.74) is 1.00. The van der Waals surface area contributed by atoms with Gasteiger partial charge in [0.2, 0.25) is 0 Å². The van der Waals surface area contributed by atoms with Crippen LogP contribution in [0.5, 0.6) is 5.75 Å². The van der Waals surface area contributed by atoms with Gasteiger partial charge in [-0.25, -0.2) is 4.39 Å². The molecule has 1 heterocycles. The van der Waals surface area contributed by atoms with Crippen molar-refractivity contribution >= 4 is 0 Å². The maximum Gasteiger partial charge on any atom is 0.123 e. The monoisotopic (exact) mass is 277 g/mol. The highest BCUT2D eigenvalue weighted by molar-refractivity contribution is 5.37. The molecule has 1 unspecified atom stereocenters. The minimum absolute atomic E-state index is 0.165. The Balaban J connectivity index is 1.36. The van der Waals surface area contributed by atoms with E-state index >= 15 is 0 Å². The lowest BCUT2D eigenvalue weighted by molar-refractivity contribution is 0.225. The summed E-state index contributed by atoms with van der Waals surface area (Å²) < 4.78 is 19.0. The Morgan fingerprint density at radius 1 is 1.20 bits per heavy atom. The molecule has 0 spiro atoms. The average molecular weight is 277 g/mol. The number of hydrogen-bond donors (Lipinski definition) is 1. The van der Waals surface area contributed by atoms with Gasteiger partial charge in [-0.05, 0) is 37.1 Å². The normalized spacial score (nSPS) is 22.6. The molecule has 2 nitrogen and oxygen atoms in total. The lowest BCUT2D eigenvalue weighted by Crippen LogP contribution is -2.31. The van der Waals surface area contributed by atoms with Crippen molar-refractivity contribution in [3.05, 3.63) is 29.6 Å². The van der Waals surface area contributed by atoms with Crippen LogP contribution in [0.1, 0.15) is 44.1 Å². The molecule has 110 valence electrons. The van der Waals surface area contributed by atoms with Gasteiger partial charge >= 0.3 is 0 Å². The Labute approximate surface area is 120 Å². The number of nitrogens with one attached hydrogen (secondary N) is 1. The maximum atomic E-state index is 13.1. The van der Waals surface area contributed by atoms with Crippen molar-refractivity contribution in [3.63, 3.8) is 0 Å². The van der Waals surface area contributed by atoms with Gasteiger partial charge < -0.3 is 10.1 Å². The molecular weight excluding hydrogens is 253 g/mol. The van der Waals surface area contributed by atoms with Crippen molar-refractivity contribution in [2.45, 2.75) is 51.0 Å². The van der Waals surface area contributed by atoms with Crippen LogP contribution in [-0.4, -0.2) is 19.2 Å². The summed E-state index contributed by atoms with van der Waals surface area (Å²) >= 11 is 0. The molecule has 0 bridgehead atoms. The number of hydrogen-bond acceptors (Lipinski definition) is 2. The molecule has 1 aliphatic carbocycles. The van der Waals surface area contributed by atoms with Crippen LogP contribution in [0.2, 0.25) is 0 Å². The Bertz CT molecular complexity index is 443. The van der Waals surface area contributed by atoms with Crippen molar-refractivity contribution in [1.82, 2.24) is 5.32 Å². The zero-order chi connectivity index (χ0) is 13.8. The summed E-state index contributed by atoms with van der Waals surface area (Å²) in [6.07, 6.45) is 9.35. The highest BCUT2D eigenvalue weighted by Crippen LogP contribution is 2.29. The van der Waals surface area contributed by atoms with Gasteiger partial charge in [-0.15, -0.1) is 0 Å². The molecule has 1 saturated carbocycles. The molecule has 1 fully saturated rings. The molecule has 1 N–H and O–H groups in total. The number of fused-ring (bicyclic) bond motifs is 1. The average Bonchev–Trinajstić information content (AvgIpc) is 2.86.